The van der Waals surface area contributed by atoms with Gasteiger partial charge >= 0.3 is 5.97 Å². The van der Waals surface area contributed by atoms with Gasteiger partial charge in [-0.1, -0.05) is 76.3 Å². The molecule has 2 aromatic carbocycles. The summed E-state index contributed by atoms with van der Waals surface area (Å²) in [5.41, 5.74) is -3.59. The van der Waals surface area contributed by atoms with Crippen LogP contribution >= 0.6 is 0 Å². The molecular formula is C47H57NO7. The number of ether oxygens (including phenoxy) is 2. The van der Waals surface area contributed by atoms with E-state index in [0.29, 0.717) is 43.4 Å². The number of benzene rings is 2. The average Bonchev–Trinajstić information content (AvgIpc) is 3.62. The van der Waals surface area contributed by atoms with Gasteiger partial charge in [0.05, 0.1) is 30.8 Å². The number of aliphatic hydroxyl groups excluding tert-OH is 1. The summed E-state index contributed by atoms with van der Waals surface area (Å²) in [6, 6.07) is 17.2. The molecule has 8 heteroatoms. The molecule has 1 unspecified atom stereocenters. The van der Waals surface area contributed by atoms with Crippen LogP contribution in [-0.4, -0.2) is 63.7 Å². The highest BCUT2D eigenvalue weighted by Crippen LogP contribution is 2.78. The summed E-state index contributed by atoms with van der Waals surface area (Å²) in [7, 11) is 1.62. The predicted molar refractivity (Wildman–Crippen MR) is 208 cm³/mol. The molecule has 0 aromatic heterocycles. The second-order valence-electron chi connectivity index (χ2n) is 19.7. The maximum atomic E-state index is 15.2. The SMILES string of the molecule is COc1ccc(C(=O)C2=C[C@@]34C=C[C@@]25[C@@H]2CC[C@@](O)(CN(Cc6ccccc6)C(=O)[C@@]67CC[C@@](C)(C(=O)O6)C7(C)C)[C@@]2(C)CC[C@@H]5[C@@]3(C)CCC(O)C4)cc1. The molecule has 292 valence electrons. The Morgan fingerprint density at radius 1 is 0.855 bits per heavy atom. The number of rotatable bonds is 8. The minimum absolute atomic E-state index is 0.00674. The topological polar surface area (TPSA) is 113 Å². The lowest BCUT2D eigenvalue weighted by atomic mass is 9.32. The van der Waals surface area contributed by atoms with E-state index in [-0.39, 0.29) is 48.0 Å². The van der Waals surface area contributed by atoms with Crippen molar-refractivity contribution in [2.45, 2.75) is 116 Å². The Morgan fingerprint density at radius 3 is 2.18 bits per heavy atom. The van der Waals surface area contributed by atoms with Crippen molar-refractivity contribution >= 4 is 17.7 Å². The molecule has 10 rings (SSSR count). The molecule has 2 N–H and O–H groups in total. The fourth-order valence-electron chi connectivity index (χ4n) is 13.8. The van der Waals surface area contributed by atoms with Crippen LogP contribution in [0.25, 0.3) is 0 Å². The number of aliphatic hydroxyl groups is 2. The standard InChI is InChI=1S/C47H57NO7/c1-40(2)43(5)22-25-47(40,55-39(43)52)38(51)48(28-30-10-8-7-9-11-30)29-45(53)21-18-36-42(45,4)20-17-35-41(3)19-16-32(49)26-44(41)23-24-46(35,36)34(27-44)37(50)31-12-14-33(54-6)15-13-31/h7-15,23-24,27,32,35-36,49,53H,16-22,25-26,28-29H2,1-6H3/t32?,35-,36-,41-,42+,43+,44+,45-,46-,47-/m1/s1. The van der Waals surface area contributed by atoms with Crippen LogP contribution in [0.3, 0.4) is 0 Å². The van der Waals surface area contributed by atoms with Crippen molar-refractivity contribution in [2.24, 2.45) is 44.3 Å². The Balaban J connectivity index is 1.13. The van der Waals surface area contributed by atoms with Gasteiger partial charge in [0.15, 0.2) is 11.4 Å². The number of amides is 1. The minimum Gasteiger partial charge on any atom is -0.497 e. The molecule has 7 aliphatic carbocycles. The maximum absolute atomic E-state index is 15.2. The molecule has 4 bridgehead atoms. The summed E-state index contributed by atoms with van der Waals surface area (Å²) < 4.78 is 11.6. The Labute approximate surface area is 325 Å². The molecule has 10 atom stereocenters. The molecule has 2 aromatic rings. The lowest BCUT2D eigenvalue weighted by Crippen LogP contribution is -2.67. The molecule has 5 fully saturated rings. The smallest absolute Gasteiger partial charge is 0.313 e. The lowest BCUT2D eigenvalue weighted by molar-refractivity contribution is -0.187. The number of fused-ring (bicyclic) bond motifs is 3. The second-order valence-corrected chi connectivity index (χ2v) is 19.7. The zero-order valence-corrected chi connectivity index (χ0v) is 33.3. The molecule has 4 saturated carbocycles. The van der Waals surface area contributed by atoms with Gasteiger partial charge in [0.1, 0.15) is 5.75 Å². The third-order valence-corrected chi connectivity index (χ3v) is 17.7. The highest BCUT2D eigenvalue weighted by atomic mass is 16.6. The van der Waals surface area contributed by atoms with E-state index in [1.807, 2.05) is 75.4 Å². The molecule has 1 heterocycles. The average molecular weight is 748 g/mol. The number of Topliss-reactive ketones (excluding diaryl/α,β-unsaturated/α-hetero) is 1. The Bertz CT molecular complexity index is 2020. The highest BCUT2D eigenvalue weighted by molar-refractivity contribution is 6.10. The van der Waals surface area contributed by atoms with E-state index in [1.54, 1.807) is 12.0 Å². The Kier molecular flexibility index (Phi) is 7.81. The van der Waals surface area contributed by atoms with Crippen LogP contribution in [0.1, 0.15) is 108 Å². The normalized spacial score (nSPS) is 42.9. The largest absolute Gasteiger partial charge is 0.497 e. The van der Waals surface area contributed by atoms with Gasteiger partial charge in [-0.3, -0.25) is 14.4 Å². The van der Waals surface area contributed by atoms with E-state index in [0.717, 1.165) is 36.8 Å². The molecule has 1 saturated heterocycles. The van der Waals surface area contributed by atoms with Gasteiger partial charge in [0.2, 0.25) is 0 Å². The van der Waals surface area contributed by atoms with Crippen molar-refractivity contribution in [1.82, 2.24) is 4.90 Å². The van der Waals surface area contributed by atoms with E-state index in [9.17, 15) is 19.8 Å². The first-order valence-electron chi connectivity index (χ1n) is 20.6. The van der Waals surface area contributed by atoms with Crippen LogP contribution in [-0.2, 0) is 20.9 Å². The number of carbonyl (C=O) groups excluding carboxylic acids is 3. The third-order valence-electron chi connectivity index (χ3n) is 17.7. The van der Waals surface area contributed by atoms with E-state index >= 15 is 4.79 Å². The van der Waals surface area contributed by atoms with Gasteiger partial charge in [-0.15, -0.1) is 0 Å². The monoisotopic (exact) mass is 747 g/mol. The highest BCUT2D eigenvalue weighted by Gasteiger charge is 2.78. The molecule has 1 amide bonds. The van der Waals surface area contributed by atoms with Crippen LogP contribution in [0.2, 0.25) is 0 Å². The van der Waals surface area contributed by atoms with E-state index in [4.69, 9.17) is 9.47 Å². The predicted octanol–water partition coefficient (Wildman–Crippen LogP) is 7.62. The fraction of sp³-hybridized carbons (Fsp3) is 0.596. The van der Waals surface area contributed by atoms with E-state index in [1.165, 1.54) is 0 Å². The van der Waals surface area contributed by atoms with Crippen molar-refractivity contribution in [3.05, 3.63) is 89.5 Å². The van der Waals surface area contributed by atoms with Gasteiger partial charge < -0.3 is 24.6 Å². The van der Waals surface area contributed by atoms with Crippen LogP contribution in [0.4, 0.5) is 0 Å². The van der Waals surface area contributed by atoms with Crippen LogP contribution in [0, 0.1) is 44.3 Å². The number of nitrogens with zero attached hydrogens (tertiary/aromatic N) is 1. The summed E-state index contributed by atoms with van der Waals surface area (Å²) in [6.07, 6.45) is 12.4. The number of hydrogen-bond donors (Lipinski definition) is 2. The Morgan fingerprint density at radius 2 is 1.53 bits per heavy atom. The van der Waals surface area contributed by atoms with Crippen molar-refractivity contribution < 1.29 is 34.1 Å². The third kappa shape index (κ3) is 4.44. The zero-order chi connectivity index (χ0) is 39.0. The molecule has 0 radical (unpaired) electrons. The molecule has 55 heavy (non-hydrogen) atoms. The maximum Gasteiger partial charge on any atom is 0.313 e. The molecule has 8 aliphatic rings. The summed E-state index contributed by atoms with van der Waals surface area (Å²) in [5, 5.41) is 24.4. The summed E-state index contributed by atoms with van der Waals surface area (Å²) in [6.45, 7) is 10.9. The lowest BCUT2D eigenvalue weighted by Gasteiger charge is -2.71. The minimum atomic E-state index is -1.31. The van der Waals surface area contributed by atoms with Gasteiger partial charge in [-0.2, -0.15) is 0 Å². The number of allylic oxidation sites excluding steroid dienone is 4. The number of hydrogen-bond acceptors (Lipinski definition) is 7. The van der Waals surface area contributed by atoms with Crippen molar-refractivity contribution in [2.75, 3.05) is 13.7 Å². The molecule has 1 aliphatic heterocycles. The van der Waals surface area contributed by atoms with Gasteiger partial charge in [0, 0.05) is 39.3 Å². The number of ketones is 1. The fourth-order valence-corrected chi connectivity index (χ4v) is 13.8. The quantitative estimate of drug-likeness (QED) is 0.162. The van der Waals surface area contributed by atoms with Gasteiger partial charge in [0.25, 0.3) is 5.91 Å². The first-order chi connectivity index (χ1) is 26.0. The van der Waals surface area contributed by atoms with Gasteiger partial charge in [-0.05, 0) is 112 Å². The first kappa shape index (κ1) is 36.9. The van der Waals surface area contributed by atoms with Crippen molar-refractivity contribution in [3.8, 4) is 5.75 Å². The van der Waals surface area contributed by atoms with E-state index < -0.39 is 44.4 Å². The first-order valence-corrected chi connectivity index (χ1v) is 20.6. The second kappa shape index (κ2) is 11.7. The molecular weight excluding hydrogens is 691 g/mol. The van der Waals surface area contributed by atoms with Gasteiger partial charge in [-0.25, -0.2) is 0 Å². The molecule has 2 spiro atoms. The van der Waals surface area contributed by atoms with Crippen molar-refractivity contribution in [3.63, 3.8) is 0 Å². The Hall–Kier alpha value is -3.75. The van der Waals surface area contributed by atoms with Crippen molar-refractivity contribution in [1.29, 1.82) is 0 Å². The van der Waals surface area contributed by atoms with Crippen LogP contribution < -0.4 is 4.74 Å². The van der Waals surface area contributed by atoms with Crippen LogP contribution in [0.5, 0.6) is 5.75 Å². The van der Waals surface area contributed by atoms with E-state index in [2.05, 4.69) is 32.1 Å². The number of carbonyl (C=O) groups is 3. The zero-order valence-electron chi connectivity index (χ0n) is 33.3. The number of esters is 1. The summed E-state index contributed by atoms with van der Waals surface area (Å²) >= 11 is 0. The summed E-state index contributed by atoms with van der Waals surface area (Å²) in [4.78, 5) is 45.4. The summed E-state index contributed by atoms with van der Waals surface area (Å²) in [5.74, 6) is 0.211. The number of methoxy groups -OCH3 is 1. The molecule has 8 nitrogen and oxygen atoms in total. The van der Waals surface area contributed by atoms with Crippen LogP contribution in [0.15, 0.2) is 78.4 Å².